The summed E-state index contributed by atoms with van der Waals surface area (Å²) in [6, 6.07) is 0. The number of nitrogens with one attached hydrogen (secondary N) is 1. The molecule has 0 amide bonds. The van der Waals surface area contributed by atoms with Crippen LogP contribution in [-0.4, -0.2) is 50.4 Å². The number of nitrogens with zero attached hydrogens (tertiary/aromatic N) is 1. The second kappa shape index (κ2) is 6.90. The van der Waals surface area contributed by atoms with E-state index in [-0.39, 0.29) is 4.83 Å². The molecule has 1 atom stereocenters. The molecular weight excluding hydrogens is 296 g/mol. The summed E-state index contributed by atoms with van der Waals surface area (Å²) in [7, 11) is -3.32. The molecule has 0 saturated carbocycles. The normalized spacial score (nSPS) is 20.9. The van der Waals surface area contributed by atoms with Crippen LogP contribution in [0, 0.1) is 0 Å². The standard InChI is InChI=1S/C9H19BrN2O3S/c1-2-3-9(10)8-11-16(13,14)12-4-6-15-7-5-12/h9,11H,2-8H2,1H3. The van der Waals surface area contributed by atoms with Gasteiger partial charge in [0.15, 0.2) is 0 Å². The molecular formula is C9H19BrN2O3S. The van der Waals surface area contributed by atoms with Gasteiger partial charge in [0.2, 0.25) is 0 Å². The van der Waals surface area contributed by atoms with Gasteiger partial charge in [-0.05, 0) is 6.42 Å². The number of morpholine rings is 1. The van der Waals surface area contributed by atoms with Crippen molar-refractivity contribution in [3.05, 3.63) is 0 Å². The highest BCUT2D eigenvalue weighted by Gasteiger charge is 2.24. The first kappa shape index (κ1) is 14.4. The van der Waals surface area contributed by atoms with E-state index in [1.54, 1.807) is 0 Å². The van der Waals surface area contributed by atoms with Crippen molar-refractivity contribution in [2.45, 2.75) is 24.6 Å². The van der Waals surface area contributed by atoms with E-state index < -0.39 is 10.2 Å². The maximum Gasteiger partial charge on any atom is 0.279 e. The summed E-state index contributed by atoms with van der Waals surface area (Å²) >= 11 is 3.44. The predicted molar refractivity (Wildman–Crippen MR) is 66.9 cm³/mol. The Hall–Kier alpha value is 0.310. The largest absolute Gasteiger partial charge is 0.379 e. The monoisotopic (exact) mass is 314 g/mol. The van der Waals surface area contributed by atoms with E-state index in [9.17, 15) is 8.42 Å². The van der Waals surface area contributed by atoms with Crippen molar-refractivity contribution in [2.75, 3.05) is 32.8 Å². The van der Waals surface area contributed by atoms with Crippen molar-refractivity contribution < 1.29 is 13.2 Å². The van der Waals surface area contributed by atoms with Crippen LogP contribution in [0.3, 0.4) is 0 Å². The zero-order valence-corrected chi connectivity index (χ0v) is 11.9. The molecule has 0 aliphatic carbocycles. The quantitative estimate of drug-likeness (QED) is 0.735. The molecule has 0 radical (unpaired) electrons. The van der Waals surface area contributed by atoms with Gasteiger partial charge in [-0.25, -0.2) is 4.72 Å². The first-order valence-electron chi connectivity index (χ1n) is 5.53. The predicted octanol–water partition coefficient (Wildman–Crippen LogP) is 0.717. The summed E-state index contributed by atoms with van der Waals surface area (Å²) in [6.45, 7) is 4.35. The van der Waals surface area contributed by atoms with Crippen LogP contribution < -0.4 is 4.72 Å². The van der Waals surface area contributed by atoms with Gasteiger partial charge < -0.3 is 4.74 Å². The smallest absolute Gasteiger partial charge is 0.279 e. The summed E-state index contributed by atoms with van der Waals surface area (Å²) in [5.41, 5.74) is 0. The molecule has 0 aromatic rings. The third-order valence-corrected chi connectivity index (χ3v) is 4.76. The second-order valence-electron chi connectivity index (χ2n) is 3.75. The van der Waals surface area contributed by atoms with E-state index in [0.717, 1.165) is 12.8 Å². The molecule has 0 aromatic heterocycles. The van der Waals surface area contributed by atoms with Crippen LogP contribution in [0.25, 0.3) is 0 Å². The van der Waals surface area contributed by atoms with Gasteiger partial charge in [-0.3, -0.25) is 0 Å². The van der Waals surface area contributed by atoms with Gasteiger partial charge in [-0.1, -0.05) is 29.3 Å². The van der Waals surface area contributed by atoms with Crippen molar-refractivity contribution in [2.24, 2.45) is 0 Å². The molecule has 1 saturated heterocycles. The van der Waals surface area contributed by atoms with Gasteiger partial charge in [0.25, 0.3) is 10.2 Å². The number of alkyl halides is 1. The van der Waals surface area contributed by atoms with Gasteiger partial charge in [-0.15, -0.1) is 0 Å². The average molecular weight is 315 g/mol. The first-order valence-corrected chi connectivity index (χ1v) is 7.88. The molecule has 0 bridgehead atoms. The minimum Gasteiger partial charge on any atom is -0.379 e. The molecule has 7 heteroatoms. The molecule has 0 spiro atoms. The molecule has 5 nitrogen and oxygen atoms in total. The molecule has 16 heavy (non-hydrogen) atoms. The third-order valence-electron chi connectivity index (χ3n) is 2.40. The number of hydrogen-bond donors (Lipinski definition) is 1. The van der Waals surface area contributed by atoms with Crippen molar-refractivity contribution in [3.8, 4) is 0 Å². The van der Waals surface area contributed by atoms with Crippen LogP contribution in [0.1, 0.15) is 19.8 Å². The van der Waals surface area contributed by atoms with Gasteiger partial charge in [0.05, 0.1) is 13.2 Å². The Bertz CT molecular complexity index is 291. The Labute approximate surface area is 106 Å². The molecule has 0 aromatic carbocycles. The van der Waals surface area contributed by atoms with E-state index in [0.29, 0.717) is 32.8 Å². The summed E-state index contributed by atoms with van der Waals surface area (Å²) < 4.78 is 32.8. The molecule has 1 aliphatic heterocycles. The Balaban J connectivity index is 2.38. The zero-order chi connectivity index (χ0) is 12.0. The molecule has 1 N–H and O–H groups in total. The van der Waals surface area contributed by atoms with Gasteiger partial charge >= 0.3 is 0 Å². The molecule has 1 fully saturated rings. The van der Waals surface area contributed by atoms with Gasteiger partial charge in [0.1, 0.15) is 0 Å². The minimum atomic E-state index is -3.32. The maximum atomic E-state index is 11.8. The van der Waals surface area contributed by atoms with Crippen molar-refractivity contribution in [3.63, 3.8) is 0 Å². The lowest BCUT2D eigenvalue weighted by atomic mass is 10.2. The zero-order valence-electron chi connectivity index (χ0n) is 9.49. The van der Waals surface area contributed by atoms with E-state index in [4.69, 9.17) is 4.74 Å². The number of halogens is 1. The van der Waals surface area contributed by atoms with Crippen LogP contribution in [0.2, 0.25) is 0 Å². The van der Waals surface area contributed by atoms with Gasteiger partial charge in [0, 0.05) is 24.5 Å². The fourth-order valence-corrected chi connectivity index (χ4v) is 3.55. The molecule has 1 rings (SSSR count). The van der Waals surface area contributed by atoms with Gasteiger partial charge in [-0.2, -0.15) is 12.7 Å². The molecule has 1 heterocycles. The summed E-state index contributed by atoms with van der Waals surface area (Å²) in [6.07, 6.45) is 2.00. The molecule has 1 aliphatic rings. The highest BCUT2D eigenvalue weighted by atomic mass is 79.9. The summed E-state index contributed by atoms with van der Waals surface area (Å²) in [5, 5.41) is 0. The number of ether oxygens (including phenoxy) is 1. The van der Waals surface area contributed by atoms with Crippen molar-refractivity contribution >= 4 is 26.1 Å². The van der Waals surface area contributed by atoms with Crippen LogP contribution >= 0.6 is 15.9 Å². The number of rotatable bonds is 6. The lowest BCUT2D eigenvalue weighted by Gasteiger charge is -2.26. The van der Waals surface area contributed by atoms with E-state index in [1.165, 1.54) is 4.31 Å². The fraction of sp³-hybridized carbons (Fsp3) is 1.00. The van der Waals surface area contributed by atoms with Crippen LogP contribution in [0.5, 0.6) is 0 Å². The maximum absolute atomic E-state index is 11.8. The van der Waals surface area contributed by atoms with E-state index in [2.05, 4.69) is 27.6 Å². The Kier molecular flexibility index (Phi) is 6.20. The molecule has 96 valence electrons. The Morgan fingerprint density at radius 3 is 2.62 bits per heavy atom. The lowest BCUT2D eigenvalue weighted by molar-refractivity contribution is 0.0725. The Morgan fingerprint density at radius 1 is 1.44 bits per heavy atom. The highest BCUT2D eigenvalue weighted by Crippen LogP contribution is 2.08. The Morgan fingerprint density at radius 2 is 2.06 bits per heavy atom. The second-order valence-corrected chi connectivity index (χ2v) is 6.80. The van der Waals surface area contributed by atoms with Crippen molar-refractivity contribution in [1.82, 2.24) is 9.03 Å². The summed E-state index contributed by atoms with van der Waals surface area (Å²) in [5.74, 6) is 0. The topological polar surface area (TPSA) is 58.6 Å². The van der Waals surface area contributed by atoms with Crippen LogP contribution in [0.4, 0.5) is 0 Å². The van der Waals surface area contributed by atoms with E-state index >= 15 is 0 Å². The summed E-state index contributed by atoms with van der Waals surface area (Å²) in [4.78, 5) is 0.202. The third kappa shape index (κ3) is 4.67. The molecule has 1 unspecified atom stereocenters. The van der Waals surface area contributed by atoms with E-state index in [1.807, 2.05) is 0 Å². The average Bonchev–Trinajstić information content (AvgIpc) is 2.28. The van der Waals surface area contributed by atoms with Crippen LogP contribution in [0.15, 0.2) is 0 Å². The lowest BCUT2D eigenvalue weighted by Crippen LogP contribution is -2.47. The number of hydrogen-bond acceptors (Lipinski definition) is 3. The van der Waals surface area contributed by atoms with Crippen LogP contribution in [-0.2, 0) is 14.9 Å². The van der Waals surface area contributed by atoms with Crippen molar-refractivity contribution in [1.29, 1.82) is 0 Å². The SMILES string of the molecule is CCCC(Br)CNS(=O)(=O)N1CCOCC1. The first-order chi connectivity index (χ1) is 7.56. The highest BCUT2D eigenvalue weighted by molar-refractivity contribution is 9.09. The fourth-order valence-electron chi connectivity index (χ4n) is 1.49. The minimum absolute atomic E-state index is 0.202.